The Morgan fingerprint density at radius 3 is 2.65 bits per heavy atom. The molecule has 1 saturated heterocycles. The third-order valence-corrected chi connectivity index (χ3v) is 3.96. The van der Waals surface area contributed by atoms with Gasteiger partial charge < -0.3 is 11.1 Å². The van der Waals surface area contributed by atoms with E-state index in [0.717, 1.165) is 25.1 Å². The van der Waals surface area contributed by atoms with E-state index < -0.39 is 0 Å². The fraction of sp³-hybridized carbons (Fsp3) is 0.462. The van der Waals surface area contributed by atoms with Crippen molar-refractivity contribution in [3.63, 3.8) is 0 Å². The van der Waals surface area contributed by atoms with Gasteiger partial charge in [0.05, 0.1) is 16.9 Å². The number of carbonyl (C=O) groups is 1. The van der Waals surface area contributed by atoms with Crippen LogP contribution < -0.4 is 16.0 Å². The topological polar surface area (TPSA) is 58.4 Å². The molecule has 3 N–H and O–H groups in total. The first-order valence-electron chi connectivity index (χ1n) is 6.16. The molecule has 1 aromatic rings. The molecule has 4 heteroatoms. The zero-order chi connectivity index (χ0) is 11.9. The Labute approximate surface area is 101 Å². The molecular weight excluding hydrogens is 214 g/mol. The number of nitrogens with zero attached hydrogens (tertiary/aromatic N) is 1. The highest BCUT2D eigenvalue weighted by Gasteiger charge is 2.48. The first-order chi connectivity index (χ1) is 8.23. The molecule has 1 saturated carbocycles. The summed E-state index contributed by atoms with van der Waals surface area (Å²) in [4.78, 5) is 13.9. The van der Waals surface area contributed by atoms with Gasteiger partial charge in [-0.15, -0.1) is 0 Å². The highest BCUT2D eigenvalue weighted by molar-refractivity contribution is 5.99. The Morgan fingerprint density at radius 2 is 1.94 bits per heavy atom. The lowest BCUT2D eigenvalue weighted by Crippen LogP contribution is -2.45. The number of nitrogens with one attached hydrogen (secondary N) is 1. The fourth-order valence-electron chi connectivity index (χ4n) is 3.10. The van der Waals surface area contributed by atoms with Crippen molar-refractivity contribution in [2.24, 2.45) is 0 Å². The maximum atomic E-state index is 12.0. The van der Waals surface area contributed by atoms with Crippen LogP contribution in [-0.2, 0) is 0 Å². The monoisotopic (exact) mass is 231 g/mol. The normalized spacial score (nSPS) is 22.1. The summed E-state index contributed by atoms with van der Waals surface area (Å²) in [5.74, 6) is 0. The molecule has 1 spiro atoms. The molecule has 0 unspecified atom stereocenters. The van der Waals surface area contributed by atoms with Crippen LogP contribution >= 0.6 is 0 Å². The third-order valence-electron chi connectivity index (χ3n) is 3.96. The van der Waals surface area contributed by atoms with Gasteiger partial charge in [0.2, 0.25) is 0 Å². The molecule has 3 rings (SSSR count). The summed E-state index contributed by atoms with van der Waals surface area (Å²) in [6.45, 7) is 0.750. The molecule has 90 valence electrons. The third kappa shape index (κ3) is 1.47. The van der Waals surface area contributed by atoms with Crippen molar-refractivity contribution in [1.29, 1.82) is 0 Å². The summed E-state index contributed by atoms with van der Waals surface area (Å²) >= 11 is 0. The van der Waals surface area contributed by atoms with Crippen molar-refractivity contribution in [1.82, 2.24) is 5.32 Å². The van der Waals surface area contributed by atoms with Crippen LogP contribution in [0.3, 0.4) is 0 Å². The molecule has 0 atom stereocenters. The maximum Gasteiger partial charge on any atom is 0.322 e. The van der Waals surface area contributed by atoms with Crippen molar-refractivity contribution in [2.75, 3.05) is 17.2 Å². The van der Waals surface area contributed by atoms with Crippen molar-refractivity contribution in [3.8, 4) is 0 Å². The quantitative estimate of drug-likeness (QED) is 0.727. The second-order valence-corrected chi connectivity index (χ2v) is 4.98. The summed E-state index contributed by atoms with van der Waals surface area (Å²) in [5.41, 5.74) is 7.48. The Kier molecular flexibility index (Phi) is 2.24. The maximum absolute atomic E-state index is 12.0. The van der Waals surface area contributed by atoms with E-state index in [4.69, 9.17) is 5.73 Å². The Morgan fingerprint density at radius 1 is 1.24 bits per heavy atom. The average molecular weight is 231 g/mol. The van der Waals surface area contributed by atoms with Crippen molar-refractivity contribution in [3.05, 3.63) is 24.3 Å². The number of hydrogen-bond donors (Lipinski definition) is 2. The van der Waals surface area contributed by atoms with E-state index in [2.05, 4.69) is 5.32 Å². The van der Waals surface area contributed by atoms with Crippen LogP contribution in [0.15, 0.2) is 24.3 Å². The Bertz CT molecular complexity index is 452. The van der Waals surface area contributed by atoms with E-state index >= 15 is 0 Å². The number of benzene rings is 1. The fourth-order valence-corrected chi connectivity index (χ4v) is 3.10. The lowest BCUT2D eigenvalue weighted by Gasteiger charge is -2.33. The molecule has 1 aliphatic heterocycles. The minimum Gasteiger partial charge on any atom is -0.397 e. The molecule has 4 nitrogen and oxygen atoms in total. The summed E-state index contributed by atoms with van der Waals surface area (Å²) in [6, 6.07) is 7.60. The lowest BCUT2D eigenvalue weighted by molar-refractivity contribution is 0.250. The molecule has 1 aromatic carbocycles. The second kappa shape index (κ2) is 3.65. The number of amides is 2. The number of nitrogen functional groups attached to an aromatic ring is 1. The van der Waals surface area contributed by atoms with Crippen LogP contribution in [0.2, 0.25) is 0 Å². The molecular formula is C13H17N3O. The van der Waals surface area contributed by atoms with E-state index in [9.17, 15) is 4.79 Å². The largest absolute Gasteiger partial charge is 0.397 e. The van der Waals surface area contributed by atoms with Gasteiger partial charge in [0.1, 0.15) is 0 Å². The summed E-state index contributed by atoms with van der Waals surface area (Å²) < 4.78 is 0. The standard InChI is InChI=1S/C13H17N3O/c14-10-5-1-2-6-11(10)16-12(17)15-9-13(16)7-3-4-8-13/h1-2,5-6H,3-4,7-9,14H2,(H,15,17). The van der Waals surface area contributed by atoms with E-state index in [1.165, 1.54) is 12.8 Å². The average Bonchev–Trinajstić information content (AvgIpc) is 2.90. The Balaban J connectivity index is 2.05. The molecule has 1 heterocycles. The minimum atomic E-state index is -0.0352. The van der Waals surface area contributed by atoms with Gasteiger partial charge in [0.15, 0.2) is 0 Å². The van der Waals surface area contributed by atoms with E-state index in [1.54, 1.807) is 0 Å². The summed E-state index contributed by atoms with van der Waals surface area (Å²) in [6.07, 6.45) is 4.52. The summed E-state index contributed by atoms with van der Waals surface area (Å²) in [5, 5.41) is 2.96. The van der Waals surface area contributed by atoms with Gasteiger partial charge in [-0.3, -0.25) is 4.90 Å². The van der Waals surface area contributed by atoms with Gasteiger partial charge in [-0.05, 0) is 25.0 Å². The highest BCUT2D eigenvalue weighted by atomic mass is 16.2. The smallest absolute Gasteiger partial charge is 0.322 e. The second-order valence-electron chi connectivity index (χ2n) is 4.98. The van der Waals surface area contributed by atoms with E-state index in [-0.39, 0.29) is 11.6 Å². The molecule has 0 radical (unpaired) electrons. The first-order valence-corrected chi connectivity index (χ1v) is 6.16. The summed E-state index contributed by atoms with van der Waals surface area (Å²) in [7, 11) is 0. The zero-order valence-corrected chi connectivity index (χ0v) is 9.78. The number of carbonyl (C=O) groups excluding carboxylic acids is 1. The lowest BCUT2D eigenvalue weighted by atomic mass is 9.96. The van der Waals surface area contributed by atoms with Crippen LogP contribution in [0.4, 0.5) is 16.2 Å². The number of urea groups is 1. The number of anilines is 2. The van der Waals surface area contributed by atoms with Gasteiger partial charge in [-0.1, -0.05) is 25.0 Å². The van der Waals surface area contributed by atoms with Gasteiger partial charge >= 0.3 is 6.03 Å². The molecule has 0 bridgehead atoms. The molecule has 17 heavy (non-hydrogen) atoms. The predicted molar refractivity (Wildman–Crippen MR) is 67.9 cm³/mol. The van der Waals surface area contributed by atoms with Gasteiger partial charge in [0, 0.05) is 6.54 Å². The van der Waals surface area contributed by atoms with Gasteiger partial charge in [0.25, 0.3) is 0 Å². The van der Waals surface area contributed by atoms with E-state index in [0.29, 0.717) is 5.69 Å². The van der Waals surface area contributed by atoms with Crippen LogP contribution in [0.5, 0.6) is 0 Å². The number of rotatable bonds is 1. The zero-order valence-electron chi connectivity index (χ0n) is 9.78. The molecule has 2 fully saturated rings. The predicted octanol–water partition coefficient (Wildman–Crippen LogP) is 2.11. The van der Waals surface area contributed by atoms with E-state index in [1.807, 2.05) is 29.2 Å². The van der Waals surface area contributed by atoms with Crippen LogP contribution in [0, 0.1) is 0 Å². The van der Waals surface area contributed by atoms with Crippen molar-refractivity contribution < 1.29 is 4.79 Å². The van der Waals surface area contributed by atoms with Gasteiger partial charge in [-0.2, -0.15) is 0 Å². The minimum absolute atomic E-state index is 0.00944. The van der Waals surface area contributed by atoms with Crippen LogP contribution in [-0.4, -0.2) is 18.1 Å². The van der Waals surface area contributed by atoms with Crippen molar-refractivity contribution >= 4 is 17.4 Å². The number of para-hydroxylation sites is 2. The molecule has 2 amide bonds. The van der Waals surface area contributed by atoms with Crippen LogP contribution in [0.25, 0.3) is 0 Å². The Hall–Kier alpha value is -1.71. The molecule has 1 aliphatic carbocycles. The van der Waals surface area contributed by atoms with Gasteiger partial charge in [-0.25, -0.2) is 4.79 Å². The highest BCUT2D eigenvalue weighted by Crippen LogP contribution is 2.42. The first kappa shape index (κ1) is 10.4. The van der Waals surface area contributed by atoms with Crippen LogP contribution in [0.1, 0.15) is 25.7 Å². The molecule has 0 aromatic heterocycles. The SMILES string of the molecule is Nc1ccccc1N1C(=O)NCC12CCCC2. The number of hydrogen-bond acceptors (Lipinski definition) is 2. The van der Waals surface area contributed by atoms with Crippen molar-refractivity contribution in [2.45, 2.75) is 31.2 Å². The number of nitrogens with two attached hydrogens (primary N) is 1. The molecule has 2 aliphatic rings.